The first-order valence-electron chi connectivity index (χ1n) is 9.57. The van der Waals surface area contributed by atoms with Gasteiger partial charge in [0.15, 0.2) is 0 Å². The number of esters is 1. The number of hydrogen-bond donors (Lipinski definition) is 2. The Bertz CT molecular complexity index is 1200. The molecule has 0 saturated heterocycles. The Morgan fingerprint density at radius 1 is 1.10 bits per heavy atom. The number of sulfonamides is 1. The lowest BCUT2D eigenvalue weighted by molar-refractivity contribution is -0.142. The quantitative estimate of drug-likeness (QED) is 0.494. The number of aromatic nitrogens is 2. The first-order valence-corrected chi connectivity index (χ1v) is 11.4. The smallest absolute Gasteiger partial charge is 0.328 e. The van der Waals surface area contributed by atoms with Gasteiger partial charge in [-0.05, 0) is 30.2 Å². The zero-order valence-electron chi connectivity index (χ0n) is 17.3. The average molecular weight is 463 g/mol. The number of carbonyl (C=O) groups excluding carboxylic acids is 1. The van der Waals surface area contributed by atoms with Crippen molar-refractivity contribution in [2.45, 2.75) is 31.3 Å². The van der Waals surface area contributed by atoms with Crippen molar-refractivity contribution >= 4 is 44.3 Å². The Hall–Kier alpha value is -2.75. The largest absolute Gasteiger partial charge is 0.467 e. The number of ether oxygens (including phenoxy) is 1. The molecule has 0 fully saturated rings. The summed E-state index contributed by atoms with van der Waals surface area (Å²) in [5, 5.41) is 3.95. The molecule has 2 aromatic carbocycles. The maximum Gasteiger partial charge on any atom is 0.328 e. The van der Waals surface area contributed by atoms with Crippen LogP contribution in [0.15, 0.2) is 53.4 Å². The van der Waals surface area contributed by atoms with Gasteiger partial charge in [-0.3, -0.25) is 0 Å². The summed E-state index contributed by atoms with van der Waals surface area (Å²) in [4.78, 5) is 21.1. The molecule has 10 heteroatoms. The number of rotatable bonds is 8. The van der Waals surface area contributed by atoms with Crippen molar-refractivity contribution in [3.63, 3.8) is 0 Å². The number of carbonyl (C=O) groups is 1. The Labute approximate surface area is 186 Å². The third kappa shape index (κ3) is 5.30. The summed E-state index contributed by atoms with van der Waals surface area (Å²) in [6, 6.07) is 12.8. The third-order valence-electron chi connectivity index (χ3n) is 4.61. The minimum absolute atomic E-state index is 0.0265. The molecule has 0 aliphatic heterocycles. The van der Waals surface area contributed by atoms with Crippen LogP contribution < -0.4 is 10.0 Å². The molecule has 1 heterocycles. The number of hydrogen-bond acceptors (Lipinski definition) is 7. The van der Waals surface area contributed by atoms with Crippen LogP contribution in [-0.2, 0) is 26.1 Å². The molecule has 164 valence electrons. The molecule has 0 aliphatic rings. The van der Waals surface area contributed by atoms with E-state index in [-0.39, 0.29) is 28.2 Å². The molecule has 0 amide bonds. The number of benzene rings is 2. The lowest BCUT2D eigenvalue weighted by Gasteiger charge is -2.21. The van der Waals surface area contributed by atoms with Crippen LogP contribution in [0.25, 0.3) is 10.9 Å². The topological polar surface area (TPSA) is 110 Å². The van der Waals surface area contributed by atoms with Crippen LogP contribution in [0.5, 0.6) is 0 Å². The predicted molar refractivity (Wildman–Crippen MR) is 119 cm³/mol. The van der Waals surface area contributed by atoms with Gasteiger partial charge < -0.3 is 10.1 Å². The second-order valence-electron chi connectivity index (χ2n) is 7.15. The van der Waals surface area contributed by atoms with Crippen molar-refractivity contribution in [2.24, 2.45) is 5.92 Å². The second-order valence-corrected chi connectivity index (χ2v) is 9.29. The summed E-state index contributed by atoms with van der Waals surface area (Å²) < 4.78 is 32.7. The molecule has 3 rings (SSSR count). The summed E-state index contributed by atoms with van der Waals surface area (Å²) in [7, 11) is -2.54. The molecule has 2 N–H and O–H groups in total. The maximum atomic E-state index is 12.6. The molecule has 1 aromatic heterocycles. The number of fused-ring (bicyclic) bond motifs is 1. The van der Waals surface area contributed by atoms with Gasteiger partial charge >= 0.3 is 5.97 Å². The fourth-order valence-electron chi connectivity index (χ4n) is 2.99. The second kappa shape index (κ2) is 9.59. The van der Waals surface area contributed by atoms with E-state index in [0.717, 1.165) is 0 Å². The highest BCUT2D eigenvalue weighted by Gasteiger charge is 2.25. The van der Waals surface area contributed by atoms with Gasteiger partial charge in [0.05, 0.1) is 24.2 Å². The summed E-state index contributed by atoms with van der Waals surface area (Å²) in [5.74, 6) is 0.174. The van der Waals surface area contributed by atoms with E-state index in [1.54, 1.807) is 18.2 Å². The summed E-state index contributed by atoms with van der Waals surface area (Å²) >= 11 is 6.02. The van der Waals surface area contributed by atoms with Crippen LogP contribution in [0.2, 0.25) is 5.02 Å². The molecule has 3 aromatic rings. The van der Waals surface area contributed by atoms with Gasteiger partial charge in [-0.15, -0.1) is 0 Å². The Balaban J connectivity index is 1.93. The van der Waals surface area contributed by atoms with Crippen molar-refractivity contribution in [3.05, 3.63) is 59.4 Å². The molecular weight excluding hydrogens is 440 g/mol. The zero-order chi connectivity index (χ0) is 22.6. The summed E-state index contributed by atoms with van der Waals surface area (Å²) in [6.45, 7) is 3.62. The molecule has 0 radical (unpaired) electrons. The normalized spacial score (nSPS) is 12.7. The number of anilines is 1. The van der Waals surface area contributed by atoms with Crippen molar-refractivity contribution in [3.8, 4) is 0 Å². The zero-order valence-corrected chi connectivity index (χ0v) is 18.9. The highest BCUT2D eigenvalue weighted by Crippen LogP contribution is 2.24. The Morgan fingerprint density at radius 3 is 2.45 bits per heavy atom. The van der Waals surface area contributed by atoms with Crippen molar-refractivity contribution in [1.82, 2.24) is 14.7 Å². The Morgan fingerprint density at radius 2 is 1.77 bits per heavy atom. The molecule has 0 aliphatic carbocycles. The highest BCUT2D eigenvalue weighted by atomic mass is 35.5. The number of nitrogens with one attached hydrogen (secondary N) is 2. The van der Waals surface area contributed by atoms with E-state index in [1.807, 2.05) is 32.0 Å². The lowest BCUT2D eigenvalue weighted by Crippen LogP contribution is -2.36. The highest BCUT2D eigenvalue weighted by molar-refractivity contribution is 7.89. The van der Waals surface area contributed by atoms with Gasteiger partial charge in [0, 0.05) is 5.39 Å². The van der Waals surface area contributed by atoms with Crippen LogP contribution in [0, 0.1) is 5.92 Å². The van der Waals surface area contributed by atoms with Gasteiger partial charge in [-0.2, -0.15) is 0 Å². The van der Waals surface area contributed by atoms with E-state index in [9.17, 15) is 13.2 Å². The molecule has 0 bridgehead atoms. The summed E-state index contributed by atoms with van der Waals surface area (Å²) in [5.41, 5.74) is 0.610. The number of para-hydroxylation sites is 1. The van der Waals surface area contributed by atoms with Gasteiger partial charge in [0.2, 0.25) is 10.0 Å². The third-order valence-corrected chi connectivity index (χ3v) is 6.51. The fourth-order valence-corrected chi connectivity index (χ4v) is 4.48. The standard InChI is InChI=1S/C21H23ClN4O4S/c1-13(2)19(21(27)30-3)26-20-14-8-4-6-10-16(14)24-18(25-20)12-23-31(28,29)17-11-7-5-9-15(17)22/h4-11,13,19,23H,12H2,1-3H3,(H,24,25,26)/t19-/m0/s1. The van der Waals surface area contributed by atoms with Gasteiger partial charge in [0.1, 0.15) is 22.6 Å². The predicted octanol–water partition coefficient (Wildman–Crippen LogP) is 3.37. The molecular formula is C21H23ClN4O4S. The SMILES string of the molecule is COC(=O)[C@@H](Nc1nc(CNS(=O)(=O)c2ccccc2Cl)nc2ccccc12)C(C)C. The molecule has 31 heavy (non-hydrogen) atoms. The van der Waals surface area contributed by atoms with Crippen molar-refractivity contribution in [2.75, 3.05) is 12.4 Å². The summed E-state index contributed by atoms with van der Waals surface area (Å²) in [6.07, 6.45) is 0. The van der Waals surface area contributed by atoms with Crippen LogP contribution in [0.4, 0.5) is 5.82 Å². The number of nitrogens with zero attached hydrogens (tertiary/aromatic N) is 2. The van der Waals surface area contributed by atoms with Crippen LogP contribution in [-0.4, -0.2) is 37.5 Å². The van der Waals surface area contributed by atoms with E-state index < -0.39 is 22.0 Å². The first kappa shape index (κ1) is 22.9. The molecule has 1 atom stereocenters. The first-order chi connectivity index (χ1) is 14.7. The Kier molecular flexibility index (Phi) is 7.09. The van der Waals surface area contributed by atoms with Crippen LogP contribution in [0.1, 0.15) is 19.7 Å². The van der Waals surface area contributed by atoms with E-state index in [1.165, 1.54) is 19.2 Å². The molecule has 0 saturated carbocycles. The van der Waals surface area contributed by atoms with Crippen molar-refractivity contribution in [1.29, 1.82) is 0 Å². The molecule has 8 nitrogen and oxygen atoms in total. The van der Waals surface area contributed by atoms with E-state index in [4.69, 9.17) is 16.3 Å². The molecule has 0 spiro atoms. The van der Waals surface area contributed by atoms with E-state index in [2.05, 4.69) is 20.0 Å². The van der Waals surface area contributed by atoms with E-state index in [0.29, 0.717) is 16.7 Å². The minimum Gasteiger partial charge on any atom is -0.467 e. The van der Waals surface area contributed by atoms with E-state index >= 15 is 0 Å². The maximum absolute atomic E-state index is 12.6. The van der Waals surface area contributed by atoms with Crippen LogP contribution in [0.3, 0.4) is 0 Å². The number of methoxy groups -OCH3 is 1. The van der Waals surface area contributed by atoms with Gasteiger partial charge in [-0.1, -0.05) is 49.7 Å². The number of halogens is 1. The average Bonchev–Trinajstić information content (AvgIpc) is 2.75. The van der Waals surface area contributed by atoms with Crippen LogP contribution >= 0.6 is 11.6 Å². The fraction of sp³-hybridized carbons (Fsp3) is 0.286. The van der Waals surface area contributed by atoms with Gasteiger partial charge in [-0.25, -0.2) is 27.9 Å². The monoisotopic (exact) mass is 462 g/mol. The molecule has 0 unspecified atom stereocenters. The minimum atomic E-state index is -3.87. The van der Waals surface area contributed by atoms with Gasteiger partial charge in [0.25, 0.3) is 0 Å². The van der Waals surface area contributed by atoms with Crippen molar-refractivity contribution < 1.29 is 17.9 Å². The lowest BCUT2D eigenvalue weighted by atomic mass is 10.0.